The Hall–Kier alpha value is -5.49. The summed E-state index contributed by atoms with van der Waals surface area (Å²) in [4.78, 5) is 14.1. The Morgan fingerprint density at radius 3 is 1.98 bits per heavy atom. The van der Waals surface area contributed by atoms with Crippen LogP contribution in [0, 0.1) is 0 Å². The molecule has 0 radical (unpaired) electrons. The van der Waals surface area contributed by atoms with Crippen molar-refractivity contribution in [2.75, 3.05) is 31.6 Å². The smallest absolute Gasteiger partial charge is 0.295 e. The summed E-state index contributed by atoms with van der Waals surface area (Å²) in [5, 5.41) is 6.60. The second-order valence-electron chi connectivity index (χ2n) is 16.9. The van der Waals surface area contributed by atoms with E-state index in [1.54, 1.807) is 37.4 Å². The van der Waals surface area contributed by atoms with Crippen molar-refractivity contribution < 1.29 is 61.3 Å². The normalized spacial score (nSPS) is 16.7. The molecule has 0 atom stereocenters. The molecule has 23 heteroatoms. The lowest BCUT2D eigenvalue weighted by Gasteiger charge is -2.27. The van der Waals surface area contributed by atoms with Gasteiger partial charge in [-0.05, 0) is 103 Å². The molecular formula is C43H48N6O13S4. The molecule has 0 fully saturated rings. The van der Waals surface area contributed by atoms with Crippen LogP contribution in [0.3, 0.4) is 0 Å². The number of benzene rings is 4. The molecule has 0 aromatic heterocycles. The van der Waals surface area contributed by atoms with E-state index >= 15 is 0 Å². The summed E-state index contributed by atoms with van der Waals surface area (Å²) >= 11 is 0. The summed E-state index contributed by atoms with van der Waals surface area (Å²) in [5.41, 5.74) is 10.3. The van der Waals surface area contributed by atoms with Crippen molar-refractivity contribution in [3.05, 3.63) is 106 Å². The van der Waals surface area contributed by atoms with Gasteiger partial charge in [-0.25, -0.2) is 8.42 Å². The number of carbonyl (C=O) groups is 1. The number of unbranched alkanes of at least 4 members (excludes halogenated alkanes) is 2. The van der Waals surface area contributed by atoms with Crippen molar-refractivity contribution in [2.45, 2.75) is 90.2 Å². The van der Waals surface area contributed by atoms with Crippen molar-refractivity contribution >= 4 is 85.0 Å². The number of nitrogens with one attached hydrogen (secondary N) is 1. The third kappa shape index (κ3) is 9.94. The predicted octanol–water partition coefficient (Wildman–Crippen LogP) is 6.81. The minimum atomic E-state index is -5.21. The van der Waals surface area contributed by atoms with Crippen molar-refractivity contribution in [1.82, 2.24) is 5.32 Å². The van der Waals surface area contributed by atoms with Crippen molar-refractivity contribution in [2.24, 2.45) is 5.11 Å². The van der Waals surface area contributed by atoms with Gasteiger partial charge >= 0.3 is 0 Å². The highest BCUT2D eigenvalue weighted by Gasteiger charge is 2.45. The zero-order valence-corrected chi connectivity index (χ0v) is 39.7. The minimum Gasteiger partial charge on any atom is -0.744 e. The lowest BCUT2D eigenvalue weighted by molar-refractivity contribution is -0.401. The number of hydrogen-bond donors (Lipinski definition) is 4. The second-order valence-corrected chi connectivity index (χ2v) is 22.5. The van der Waals surface area contributed by atoms with Crippen LogP contribution in [0.5, 0.6) is 0 Å². The molecule has 1 amide bonds. The topological polar surface area (TPSA) is 304 Å². The Balaban J connectivity index is 1.35. The van der Waals surface area contributed by atoms with Crippen LogP contribution in [0.2, 0.25) is 0 Å². The maximum atomic E-state index is 12.5. The number of carbonyl (C=O) groups excluding carboxylic acids is 1. The molecule has 352 valence electrons. The van der Waals surface area contributed by atoms with Gasteiger partial charge in [0.15, 0.2) is 5.71 Å². The fraction of sp³-hybridized carbons (Fsp3) is 0.349. The Labute approximate surface area is 382 Å². The maximum Gasteiger partial charge on any atom is 0.295 e. The van der Waals surface area contributed by atoms with Crippen LogP contribution in [0.4, 0.5) is 11.4 Å². The lowest BCUT2D eigenvalue weighted by atomic mass is 9.79. The first-order valence-corrected chi connectivity index (χ1v) is 26.2. The van der Waals surface area contributed by atoms with Crippen LogP contribution in [0.25, 0.3) is 32.0 Å². The number of hydrogen-bond acceptors (Lipinski definition) is 12. The largest absolute Gasteiger partial charge is 0.744 e. The fourth-order valence-corrected chi connectivity index (χ4v) is 11.7. The molecule has 66 heavy (non-hydrogen) atoms. The van der Waals surface area contributed by atoms with Gasteiger partial charge in [0.25, 0.3) is 30.4 Å². The zero-order valence-electron chi connectivity index (χ0n) is 36.5. The summed E-state index contributed by atoms with van der Waals surface area (Å²) in [5.74, 6) is -0.146. The first-order valence-electron chi connectivity index (χ1n) is 20.4. The number of amides is 1. The van der Waals surface area contributed by atoms with Crippen LogP contribution in [0.15, 0.2) is 109 Å². The third-order valence-corrected chi connectivity index (χ3v) is 15.3. The molecular weight excluding hydrogens is 937 g/mol. The van der Waals surface area contributed by atoms with Gasteiger partial charge in [-0.3, -0.25) is 18.5 Å². The van der Waals surface area contributed by atoms with Crippen LogP contribution in [-0.2, 0) is 56.1 Å². The number of azide groups is 1. The molecule has 0 saturated carbocycles. The number of fused-ring (bicyclic) bond motifs is 6. The monoisotopic (exact) mass is 984 g/mol. The van der Waals surface area contributed by atoms with Gasteiger partial charge < -0.3 is 14.8 Å². The molecule has 0 saturated heterocycles. The molecule has 2 aliphatic heterocycles. The van der Waals surface area contributed by atoms with Gasteiger partial charge in [0.1, 0.15) is 22.1 Å². The molecule has 2 heterocycles. The van der Waals surface area contributed by atoms with Crippen molar-refractivity contribution in [3.8, 4) is 0 Å². The summed E-state index contributed by atoms with van der Waals surface area (Å²) in [6.07, 6.45) is 11.5. The molecule has 0 spiro atoms. The van der Waals surface area contributed by atoms with E-state index in [4.69, 9.17) is 5.53 Å². The average Bonchev–Trinajstić information content (AvgIpc) is 3.55. The van der Waals surface area contributed by atoms with Gasteiger partial charge in [0.05, 0.1) is 20.1 Å². The van der Waals surface area contributed by atoms with Gasteiger partial charge in [0, 0.05) is 70.9 Å². The Morgan fingerprint density at radius 1 is 0.773 bits per heavy atom. The fourth-order valence-electron chi connectivity index (χ4n) is 9.00. The van der Waals surface area contributed by atoms with Crippen molar-refractivity contribution in [3.63, 3.8) is 0 Å². The maximum absolute atomic E-state index is 12.5. The van der Waals surface area contributed by atoms with Crippen LogP contribution < -0.4 is 10.2 Å². The zero-order chi connectivity index (χ0) is 48.8. The minimum absolute atomic E-state index is 0.0214. The Morgan fingerprint density at radius 2 is 1.38 bits per heavy atom. The van der Waals surface area contributed by atoms with Crippen LogP contribution in [0.1, 0.15) is 70.9 Å². The predicted molar refractivity (Wildman–Crippen MR) is 246 cm³/mol. The number of nitrogens with zero attached hydrogens (tertiary/aromatic N) is 5. The first kappa shape index (κ1) is 49.9. The SMILES string of the molecule is C[N+]1=C(C=CC=CC=C2N(CCCCCC(=O)NCCCN=[N+]=[N-])c3ccc4c(S(=O)(=O)[O-])cc(S(=O)(=O)O)cc4c3C2(C)C)C(C)(C)c2c1ccc1c(S(=O)(=O)O)cc(S(=O)(=O)O)cc21. The van der Waals surface area contributed by atoms with Gasteiger partial charge in [-0.2, -0.15) is 29.8 Å². The second kappa shape index (κ2) is 18.3. The molecule has 0 bridgehead atoms. The van der Waals surface area contributed by atoms with Crippen molar-refractivity contribution in [1.29, 1.82) is 0 Å². The van der Waals surface area contributed by atoms with Gasteiger partial charge in [-0.1, -0.05) is 49.7 Å². The molecule has 0 unspecified atom stereocenters. The molecule has 4 aromatic carbocycles. The molecule has 4 N–H and O–H groups in total. The van der Waals surface area contributed by atoms with E-state index in [0.717, 1.165) is 11.8 Å². The molecule has 4 aromatic rings. The highest BCUT2D eigenvalue weighted by molar-refractivity contribution is 7.87. The summed E-state index contributed by atoms with van der Waals surface area (Å²) in [7, 11) is -18.2. The van der Waals surface area contributed by atoms with E-state index in [2.05, 4.69) is 15.3 Å². The Bertz CT molecular complexity index is 3340. The van der Waals surface area contributed by atoms with E-state index in [0.29, 0.717) is 79.1 Å². The molecule has 2 aliphatic rings. The third-order valence-electron chi connectivity index (χ3n) is 11.9. The lowest BCUT2D eigenvalue weighted by Crippen LogP contribution is -2.27. The Kier molecular flexibility index (Phi) is 13.8. The van der Waals surface area contributed by atoms with E-state index in [1.807, 2.05) is 49.3 Å². The van der Waals surface area contributed by atoms with E-state index in [9.17, 15) is 56.7 Å². The first-order chi connectivity index (χ1) is 30.6. The molecule has 19 nitrogen and oxygen atoms in total. The highest BCUT2D eigenvalue weighted by atomic mass is 32.2. The summed E-state index contributed by atoms with van der Waals surface area (Å²) < 4.78 is 143. The quantitative estimate of drug-likeness (QED) is 0.0161. The van der Waals surface area contributed by atoms with Gasteiger partial charge in [0.2, 0.25) is 11.6 Å². The average molecular weight is 985 g/mol. The van der Waals surface area contributed by atoms with Gasteiger partial charge in [-0.15, -0.1) is 0 Å². The summed E-state index contributed by atoms with van der Waals surface area (Å²) in [6, 6.07) is 9.85. The van der Waals surface area contributed by atoms with E-state index in [-0.39, 0.29) is 40.4 Å². The number of allylic oxidation sites excluding steroid dienone is 6. The number of rotatable bonds is 17. The van der Waals surface area contributed by atoms with E-state index in [1.165, 1.54) is 18.2 Å². The van der Waals surface area contributed by atoms with Crippen LogP contribution in [-0.4, -0.2) is 94.8 Å². The molecule has 0 aliphatic carbocycles. The van der Waals surface area contributed by atoms with E-state index < -0.39 is 70.9 Å². The standard InChI is InChI=1S/C43H48N6O13S4/c1-42(2)37(48(5)33-18-16-29-31(40(33)42)23-27(63(51,52)53)25-35(29)65(57,58)59)13-8-6-9-14-38-43(3,4)41-32-24-28(64(54,55)56)26-36(66(60,61)62)30(32)17-19-34(41)49(38)22-11-7-10-15-39(50)45-20-12-21-46-47-44/h6,8-9,13-14,16-19,23-26H,7,10-12,15,20-22H2,1-5H3,(H4-,45,50,51,52,53,54,55,56,57,58,59,60,61,62). The summed E-state index contributed by atoms with van der Waals surface area (Å²) in [6.45, 7) is 8.47. The molecule has 6 rings (SSSR count). The highest BCUT2D eigenvalue weighted by Crippen LogP contribution is 2.52. The van der Waals surface area contributed by atoms with Crippen LogP contribution >= 0.6 is 0 Å². The number of anilines is 1.